The minimum Gasteiger partial charge on any atom is -0.480 e. The topological polar surface area (TPSA) is 80.9 Å². The molecule has 0 aliphatic heterocycles. The molecule has 1 N–H and O–H groups in total. The number of aromatic nitrogens is 4. The summed E-state index contributed by atoms with van der Waals surface area (Å²) in [6.45, 7) is 2.10. The third-order valence-electron chi connectivity index (χ3n) is 4.22. The fourth-order valence-corrected chi connectivity index (χ4v) is 3.54. The molecule has 4 aromatic rings. The van der Waals surface area contributed by atoms with E-state index in [4.69, 9.17) is 5.11 Å². The molecule has 0 amide bonds. The van der Waals surface area contributed by atoms with E-state index in [0.717, 1.165) is 22.8 Å². The molecule has 8 heteroatoms. The van der Waals surface area contributed by atoms with E-state index in [1.807, 2.05) is 34.9 Å². The summed E-state index contributed by atoms with van der Waals surface area (Å²) in [5.74, 6) is -1.31. The van der Waals surface area contributed by atoms with Crippen molar-refractivity contribution in [3.63, 3.8) is 0 Å². The molecular formula is C19H15FN4O2S. The number of benzene rings is 2. The summed E-state index contributed by atoms with van der Waals surface area (Å²) in [5.41, 5.74) is 2.90. The molecule has 0 aliphatic carbocycles. The van der Waals surface area contributed by atoms with Gasteiger partial charge in [-0.3, -0.25) is 4.79 Å². The zero-order chi connectivity index (χ0) is 19.0. The summed E-state index contributed by atoms with van der Waals surface area (Å²) in [6.07, 6.45) is 0. The van der Waals surface area contributed by atoms with Gasteiger partial charge in [-0.25, -0.2) is 9.37 Å². The SMILES string of the molecule is CC(Sc1nnc2c3cc(F)ccc3n(Cc3ccccc3)c2n1)C(=O)O. The highest BCUT2D eigenvalue weighted by Gasteiger charge is 2.19. The van der Waals surface area contributed by atoms with E-state index in [1.54, 1.807) is 13.0 Å². The van der Waals surface area contributed by atoms with Crippen molar-refractivity contribution >= 4 is 39.8 Å². The van der Waals surface area contributed by atoms with Crippen LogP contribution in [0.1, 0.15) is 12.5 Å². The van der Waals surface area contributed by atoms with Crippen LogP contribution in [-0.4, -0.2) is 36.1 Å². The van der Waals surface area contributed by atoms with E-state index >= 15 is 0 Å². The lowest BCUT2D eigenvalue weighted by atomic mass is 10.2. The number of halogens is 1. The van der Waals surface area contributed by atoms with E-state index in [-0.39, 0.29) is 11.0 Å². The summed E-state index contributed by atoms with van der Waals surface area (Å²) < 4.78 is 15.7. The molecule has 0 fully saturated rings. The minimum absolute atomic E-state index is 0.273. The molecule has 27 heavy (non-hydrogen) atoms. The van der Waals surface area contributed by atoms with Crippen molar-refractivity contribution in [3.8, 4) is 0 Å². The molecule has 2 aromatic heterocycles. The van der Waals surface area contributed by atoms with Gasteiger partial charge in [-0.2, -0.15) is 0 Å². The number of carboxylic acids is 1. The number of fused-ring (bicyclic) bond motifs is 3. The molecule has 0 spiro atoms. The van der Waals surface area contributed by atoms with Crippen LogP contribution >= 0.6 is 11.8 Å². The van der Waals surface area contributed by atoms with Crippen molar-refractivity contribution in [1.29, 1.82) is 0 Å². The molecule has 2 heterocycles. The molecule has 1 atom stereocenters. The Kier molecular flexibility index (Phi) is 4.49. The van der Waals surface area contributed by atoms with Gasteiger partial charge in [0.2, 0.25) is 5.16 Å². The maximum absolute atomic E-state index is 13.8. The molecule has 0 aliphatic rings. The summed E-state index contributed by atoms with van der Waals surface area (Å²) >= 11 is 1.02. The van der Waals surface area contributed by atoms with Crippen LogP contribution in [0.15, 0.2) is 53.7 Å². The Balaban J connectivity index is 1.89. The molecule has 2 aromatic carbocycles. The predicted molar refractivity (Wildman–Crippen MR) is 101 cm³/mol. The zero-order valence-corrected chi connectivity index (χ0v) is 15.2. The Morgan fingerprint density at radius 1 is 1.22 bits per heavy atom. The van der Waals surface area contributed by atoms with Crippen LogP contribution in [0.25, 0.3) is 22.1 Å². The monoisotopic (exact) mass is 382 g/mol. The smallest absolute Gasteiger partial charge is 0.316 e. The van der Waals surface area contributed by atoms with Gasteiger partial charge in [-0.05, 0) is 30.7 Å². The highest BCUT2D eigenvalue weighted by atomic mass is 32.2. The lowest BCUT2D eigenvalue weighted by Crippen LogP contribution is -2.12. The molecule has 136 valence electrons. The van der Waals surface area contributed by atoms with Gasteiger partial charge in [0, 0.05) is 11.9 Å². The van der Waals surface area contributed by atoms with Crippen LogP contribution < -0.4 is 0 Å². The van der Waals surface area contributed by atoms with Crippen LogP contribution in [0.4, 0.5) is 4.39 Å². The second-order valence-corrected chi connectivity index (χ2v) is 7.41. The van der Waals surface area contributed by atoms with Crippen molar-refractivity contribution in [2.45, 2.75) is 23.9 Å². The Labute approximate surface area is 158 Å². The lowest BCUT2D eigenvalue weighted by Gasteiger charge is -2.08. The summed E-state index contributed by atoms with van der Waals surface area (Å²) in [4.78, 5) is 15.6. The first kappa shape index (κ1) is 17.4. The Morgan fingerprint density at radius 3 is 2.74 bits per heavy atom. The minimum atomic E-state index is -0.949. The predicted octanol–water partition coefficient (Wildman–Crippen LogP) is 3.73. The number of hydrogen-bond acceptors (Lipinski definition) is 5. The standard InChI is InChI=1S/C19H15FN4O2S/c1-11(18(25)26)27-19-21-17-16(22-23-19)14-9-13(20)7-8-15(14)24(17)10-12-5-3-2-4-6-12/h2-9,11H,10H2,1H3,(H,25,26). The van der Waals surface area contributed by atoms with Crippen molar-refractivity contribution in [1.82, 2.24) is 19.7 Å². The third kappa shape index (κ3) is 3.35. The normalized spacial score (nSPS) is 12.5. The van der Waals surface area contributed by atoms with Crippen LogP contribution in [0.5, 0.6) is 0 Å². The number of aliphatic carboxylic acids is 1. The highest BCUT2D eigenvalue weighted by Crippen LogP contribution is 2.29. The van der Waals surface area contributed by atoms with Gasteiger partial charge in [0.15, 0.2) is 5.65 Å². The second-order valence-electron chi connectivity index (χ2n) is 6.10. The van der Waals surface area contributed by atoms with Crippen LogP contribution in [-0.2, 0) is 11.3 Å². The Morgan fingerprint density at radius 2 is 2.00 bits per heavy atom. The first-order valence-corrected chi connectivity index (χ1v) is 9.16. The van der Waals surface area contributed by atoms with Crippen LogP contribution in [0, 0.1) is 5.82 Å². The Hall–Kier alpha value is -3.00. The largest absolute Gasteiger partial charge is 0.480 e. The van der Waals surface area contributed by atoms with Crippen LogP contribution in [0.2, 0.25) is 0 Å². The Bertz CT molecular complexity index is 1150. The number of hydrogen-bond donors (Lipinski definition) is 1. The fraction of sp³-hybridized carbons (Fsp3) is 0.158. The van der Waals surface area contributed by atoms with Gasteiger partial charge in [-0.1, -0.05) is 42.1 Å². The molecule has 6 nitrogen and oxygen atoms in total. The number of rotatable bonds is 5. The molecule has 0 saturated carbocycles. The quantitative estimate of drug-likeness (QED) is 0.530. The fourth-order valence-electron chi connectivity index (χ4n) is 2.90. The molecule has 0 radical (unpaired) electrons. The van der Waals surface area contributed by atoms with Crippen LogP contribution in [0.3, 0.4) is 0 Å². The lowest BCUT2D eigenvalue weighted by molar-refractivity contribution is -0.136. The van der Waals surface area contributed by atoms with Gasteiger partial charge >= 0.3 is 5.97 Å². The van der Waals surface area contributed by atoms with E-state index < -0.39 is 11.2 Å². The van der Waals surface area contributed by atoms with E-state index in [0.29, 0.717) is 23.1 Å². The maximum atomic E-state index is 13.8. The summed E-state index contributed by atoms with van der Waals surface area (Å²) in [6, 6.07) is 14.4. The molecule has 1 unspecified atom stereocenters. The van der Waals surface area contributed by atoms with Crippen molar-refractivity contribution in [2.24, 2.45) is 0 Å². The van der Waals surface area contributed by atoms with Gasteiger partial charge in [0.05, 0.1) is 5.52 Å². The average Bonchev–Trinajstić information content (AvgIpc) is 2.95. The van der Waals surface area contributed by atoms with E-state index in [1.165, 1.54) is 12.1 Å². The number of nitrogens with zero attached hydrogens (tertiary/aromatic N) is 4. The summed E-state index contributed by atoms with van der Waals surface area (Å²) in [5, 5.41) is 17.6. The van der Waals surface area contributed by atoms with Gasteiger partial charge < -0.3 is 9.67 Å². The number of carbonyl (C=O) groups is 1. The average molecular weight is 382 g/mol. The van der Waals surface area contributed by atoms with Crippen molar-refractivity contribution in [2.75, 3.05) is 0 Å². The molecular weight excluding hydrogens is 367 g/mol. The first-order chi connectivity index (χ1) is 13.0. The van der Waals surface area contributed by atoms with Gasteiger partial charge in [0.1, 0.15) is 16.6 Å². The van der Waals surface area contributed by atoms with E-state index in [2.05, 4.69) is 15.2 Å². The van der Waals surface area contributed by atoms with Gasteiger partial charge in [-0.15, -0.1) is 10.2 Å². The van der Waals surface area contributed by atoms with Gasteiger partial charge in [0.25, 0.3) is 0 Å². The highest BCUT2D eigenvalue weighted by molar-refractivity contribution is 8.00. The summed E-state index contributed by atoms with van der Waals surface area (Å²) in [7, 11) is 0. The van der Waals surface area contributed by atoms with Crippen molar-refractivity contribution in [3.05, 3.63) is 59.9 Å². The number of thioether (sulfide) groups is 1. The second kappa shape index (κ2) is 6.96. The number of carboxylic acid groups (broad SMARTS) is 1. The first-order valence-electron chi connectivity index (χ1n) is 8.28. The maximum Gasteiger partial charge on any atom is 0.316 e. The molecule has 4 rings (SSSR count). The molecule has 0 saturated heterocycles. The zero-order valence-electron chi connectivity index (χ0n) is 14.3. The van der Waals surface area contributed by atoms with Crippen molar-refractivity contribution < 1.29 is 14.3 Å². The molecule has 0 bridgehead atoms. The third-order valence-corrected chi connectivity index (χ3v) is 5.16. The van der Waals surface area contributed by atoms with E-state index in [9.17, 15) is 9.18 Å².